The van der Waals surface area contributed by atoms with Crippen LogP contribution in [-0.2, 0) is 11.2 Å². The Labute approximate surface area is 172 Å². The highest BCUT2D eigenvalue weighted by atomic mass is 127. The zero-order valence-electron chi connectivity index (χ0n) is 14.9. The molecule has 0 spiro atoms. The average molecular weight is 483 g/mol. The summed E-state index contributed by atoms with van der Waals surface area (Å²) in [4.78, 5) is 6.64. The number of halogens is 2. The first-order valence-corrected chi connectivity index (χ1v) is 8.67. The highest BCUT2D eigenvalue weighted by Crippen LogP contribution is 2.22. The van der Waals surface area contributed by atoms with Gasteiger partial charge in [-0.2, -0.15) is 0 Å². The summed E-state index contributed by atoms with van der Waals surface area (Å²) >= 11 is 6.26. The van der Waals surface area contributed by atoms with Crippen molar-refractivity contribution in [3.05, 3.63) is 28.8 Å². The third-order valence-electron chi connectivity index (χ3n) is 3.99. The van der Waals surface area contributed by atoms with Crippen molar-refractivity contribution in [1.29, 1.82) is 0 Å². The van der Waals surface area contributed by atoms with E-state index in [2.05, 4.69) is 20.5 Å². The summed E-state index contributed by atoms with van der Waals surface area (Å²) in [5.74, 6) is 1.59. The van der Waals surface area contributed by atoms with Crippen LogP contribution >= 0.6 is 35.6 Å². The van der Waals surface area contributed by atoms with Gasteiger partial charge in [-0.05, 0) is 24.1 Å². The molecule has 1 aliphatic rings. The molecule has 142 valence electrons. The summed E-state index contributed by atoms with van der Waals surface area (Å²) in [5, 5.41) is 7.38. The molecule has 0 unspecified atom stereocenters. The van der Waals surface area contributed by atoms with Crippen molar-refractivity contribution in [2.75, 3.05) is 60.1 Å². The molecule has 0 aromatic heterocycles. The predicted octanol–water partition coefficient (Wildman–Crippen LogP) is 2.01. The molecular weight excluding hydrogens is 455 g/mol. The Hall–Kier alpha value is -0.770. The van der Waals surface area contributed by atoms with Gasteiger partial charge in [0.2, 0.25) is 0 Å². The minimum Gasteiger partial charge on any atom is -0.497 e. The molecule has 1 aliphatic heterocycles. The number of nitrogens with one attached hydrogen (secondary N) is 2. The molecule has 1 fully saturated rings. The first-order chi connectivity index (χ1) is 11.7. The van der Waals surface area contributed by atoms with Crippen LogP contribution in [0.15, 0.2) is 23.2 Å². The van der Waals surface area contributed by atoms with Gasteiger partial charge in [-0.25, -0.2) is 0 Å². The van der Waals surface area contributed by atoms with Gasteiger partial charge in [0.1, 0.15) is 5.75 Å². The van der Waals surface area contributed by atoms with E-state index in [1.54, 1.807) is 14.2 Å². The molecule has 0 atom stereocenters. The molecule has 0 radical (unpaired) electrons. The van der Waals surface area contributed by atoms with Crippen molar-refractivity contribution in [1.82, 2.24) is 15.5 Å². The molecule has 6 nitrogen and oxygen atoms in total. The van der Waals surface area contributed by atoms with Crippen LogP contribution in [0.25, 0.3) is 0 Å². The first-order valence-electron chi connectivity index (χ1n) is 8.30. The van der Waals surface area contributed by atoms with Crippen LogP contribution in [0, 0.1) is 0 Å². The van der Waals surface area contributed by atoms with E-state index in [9.17, 15) is 0 Å². The van der Waals surface area contributed by atoms with E-state index in [1.807, 2.05) is 18.2 Å². The van der Waals surface area contributed by atoms with Gasteiger partial charge < -0.3 is 20.1 Å². The number of hydrogen-bond donors (Lipinski definition) is 2. The van der Waals surface area contributed by atoms with Crippen LogP contribution in [0.4, 0.5) is 0 Å². The van der Waals surface area contributed by atoms with Crippen molar-refractivity contribution in [2.45, 2.75) is 6.42 Å². The van der Waals surface area contributed by atoms with E-state index in [0.29, 0.717) is 0 Å². The number of benzene rings is 1. The SMILES string of the molecule is CN=C(NCCc1ccc(OC)cc1Cl)NCCN1CCOCC1.I. The van der Waals surface area contributed by atoms with Crippen LogP contribution in [0.2, 0.25) is 5.02 Å². The third kappa shape index (κ3) is 7.98. The van der Waals surface area contributed by atoms with E-state index in [-0.39, 0.29) is 24.0 Å². The molecule has 8 heteroatoms. The molecule has 1 heterocycles. The predicted molar refractivity (Wildman–Crippen MR) is 114 cm³/mol. The maximum atomic E-state index is 6.26. The fourth-order valence-electron chi connectivity index (χ4n) is 2.55. The van der Waals surface area contributed by atoms with Crippen molar-refractivity contribution < 1.29 is 9.47 Å². The minimum absolute atomic E-state index is 0. The monoisotopic (exact) mass is 482 g/mol. The number of hydrogen-bond acceptors (Lipinski definition) is 4. The number of ether oxygens (including phenoxy) is 2. The van der Waals surface area contributed by atoms with Crippen LogP contribution < -0.4 is 15.4 Å². The maximum Gasteiger partial charge on any atom is 0.191 e. The summed E-state index contributed by atoms with van der Waals surface area (Å²) in [5.41, 5.74) is 1.09. The van der Waals surface area contributed by atoms with Crippen molar-refractivity contribution >= 4 is 41.5 Å². The van der Waals surface area contributed by atoms with Crippen molar-refractivity contribution in [3.8, 4) is 5.75 Å². The Morgan fingerprint density at radius 3 is 2.64 bits per heavy atom. The van der Waals surface area contributed by atoms with Gasteiger partial charge in [-0.3, -0.25) is 9.89 Å². The lowest BCUT2D eigenvalue weighted by molar-refractivity contribution is 0.0389. The second-order valence-corrected chi connectivity index (χ2v) is 5.99. The smallest absolute Gasteiger partial charge is 0.191 e. The van der Waals surface area contributed by atoms with Gasteiger partial charge in [0.05, 0.1) is 20.3 Å². The Morgan fingerprint density at radius 2 is 2.00 bits per heavy atom. The van der Waals surface area contributed by atoms with Crippen LogP contribution in [0.1, 0.15) is 5.56 Å². The second kappa shape index (κ2) is 12.6. The largest absolute Gasteiger partial charge is 0.497 e. The topological polar surface area (TPSA) is 58.1 Å². The molecular formula is C17H28ClIN4O2. The van der Waals surface area contributed by atoms with E-state index in [0.717, 1.165) is 74.7 Å². The summed E-state index contributed by atoms with van der Waals surface area (Å²) in [6.07, 6.45) is 0.826. The molecule has 0 amide bonds. The number of guanidine groups is 1. The van der Waals surface area contributed by atoms with Gasteiger partial charge >= 0.3 is 0 Å². The van der Waals surface area contributed by atoms with Gasteiger partial charge in [-0.1, -0.05) is 17.7 Å². The lowest BCUT2D eigenvalue weighted by Gasteiger charge is -2.26. The minimum atomic E-state index is 0. The number of rotatable bonds is 7. The van der Waals surface area contributed by atoms with Crippen LogP contribution in [-0.4, -0.2) is 71.0 Å². The molecule has 0 aliphatic carbocycles. The summed E-state index contributed by atoms with van der Waals surface area (Å²) in [7, 11) is 3.42. The quantitative estimate of drug-likeness (QED) is 0.354. The fourth-order valence-corrected chi connectivity index (χ4v) is 2.82. The van der Waals surface area contributed by atoms with Gasteiger partial charge in [0.15, 0.2) is 5.96 Å². The molecule has 1 aromatic carbocycles. The number of morpholine rings is 1. The van der Waals surface area contributed by atoms with Gasteiger partial charge in [0.25, 0.3) is 0 Å². The highest BCUT2D eigenvalue weighted by molar-refractivity contribution is 14.0. The zero-order chi connectivity index (χ0) is 17.2. The normalized spacial score (nSPS) is 15.4. The van der Waals surface area contributed by atoms with E-state index in [4.69, 9.17) is 21.1 Å². The van der Waals surface area contributed by atoms with Gasteiger partial charge in [-0.15, -0.1) is 24.0 Å². The molecule has 0 saturated carbocycles. The Kier molecular flexibility index (Phi) is 11.2. The Balaban J connectivity index is 0.00000312. The molecule has 1 aromatic rings. The molecule has 2 rings (SSSR count). The summed E-state index contributed by atoms with van der Waals surface area (Å²) in [6, 6.07) is 5.76. The van der Waals surface area contributed by atoms with Crippen LogP contribution in [0.5, 0.6) is 5.75 Å². The Bertz CT molecular complexity index is 539. The fraction of sp³-hybridized carbons (Fsp3) is 0.588. The van der Waals surface area contributed by atoms with Crippen LogP contribution in [0.3, 0.4) is 0 Å². The number of methoxy groups -OCH3 is 1. The van der Waals surface area contributed by atoms with E-state index < -0.39 is 0 Å². The molecule has 25 heavy (non-hydrogen) atoms. The maximum absolute atomic E-state index is 6.26. The van der Waals surface area contributed by atoms with Crippen molar-refractivity contribution in [2.24, 2.45) is 4.99 Å². The second-order valence-electron chi connectivity index (χ2n) is 5.59. The van der Waals surface area contributed by atoms with Crippen molar-refractivity contribution in [3.63, 3.8) is 0 Å². The van der Waals surface area contributed by atoms with E-state index in [1.165, 1.54) is 0 Å². The average Bonchev–Trinajstić information content (AvgIpc) is 2.62. The summed E-state index contributed by atoms with van der Waals surface area (Å²) < 4.78 is 10.5. The van der Waals surface area contributed by atoms with Gasteiger partial charge in [0, 0.05) is 44.8 Å². The summed E-state index contributed by atoms with van der Waals surface area (Å²) in [6.45, 7) is 6.29. The number of nitrogens with zero attached hydrogens (tertiary/aromatic N) is 2. The number of aliphatic imine (C=N–C) groups is 1. The third-order valence-corrected chi connectivity index (χ3v) is 4.35. The highest BCUT2D eigenvalue weighted by Gasteiger charge is 2.09. The Morgan fingerprint density at radius 1 is 1.28 bits per heavy atom. The molecule has 2 N–H and O–H groups in total. The van der Waals surface area contributed by atoms with E-state index >= 15 is 0 Å². The molecule has 1 saturated heterocycles. The lowest BCUT2D eigenvalue weighted by Crippen LogP contribution is -2.44. The molecule has 0 bridgehead atoms. The first kappa shape index (κ1) is 22.3. The zero-order valence-corrected chi connectivity index (χ0v) is 18.0. The standard InChI is InChI=1S/C17H27ClN4O2.HI/c1-19-17(21-7-8-22-9-11-24-12-10-22)20-6-5-14-3-4-15(23-2)13-16(14)18;/h3-4,13H,5-12H2,1-2H3,(H2,19,20,21);1H. The lowest BCUT2D eigenvalue weighted by atomic mass is 10.1.